The number of carbonyl (C=O) groups excluding carboxylic acids is 1. The zero-order valence-electron chi connectivity index (χ0n) is 16.7. The van der Waals surface area contributed by atoms with E-state index in [4.69, 9.17) is 4.74 Å². The lowest BCUT2D eigenvalue weighted by atomic mass is 9.97. The number of guanidine groups is 1. The molecule has 7 heteroatoms. The molecule has 0 aromatic heterocycles. The Morgan fingerprint density at radius 3 is 2.54 bits per heavy atom. The summed E-state index contributed by atoms with van der Waals surface area (Å²) >= 11 is 0. The molecule has 1 N–H and O–H groups in total. The lowest BCUT2D eigenvalue weighted by Crippen LogP contribution is -2.52. The van der Waals surface area contributed by atoms with Crippen molar-refractivity contribution in [2.45, 2.75) is 57.9 Å². The summed E-state index contributed by atoms with van der Waals surface area (Å²) in [6, 6.07) is 0.615. The Morgan fingerprint density at radius 2 is 1.92 bits per heavy atom. The lowest BCUT2D eigenvalue weighted by molar-refractivity contribution is -0.146. The molecule has 0 amide bonds. The number of hydrogen-bond acceptors (Lipinski definition) is 4. The van der Waals surface area contributed by atoms with Crippen LogP contribution in [0.4, 0.5) is 0 Å². The number of esters is 1. The third-order valence-corrected chi connectivity index (χ3v) is 5.58. The molecule has 2 rings (SSSR count). The smallest absolute Gasteiger partial charge is 0.308 e. The van der Waals surface area contributed by atoms with Crippen molar-refractivity contribution in [3.8, 4) is 0 Å². The van der Waals surface area contributed by atoms with Crippen LogP contribution in [-0.2, 0) is 9.53 Å². The molecular formula is C19H37IN4O2. The monoisotopic (exact) mass is 480 g/mol. The van der Waals surface area contributed by atoms with Crippen molar-refractivity contribution in [3.05, 3.63) is 0 Å². The molecular weight excluding hydrogens is 443 g/mol. The lowest BCUT2D eigenvalue weighted by Gasteiger charge is -2.38. The van der Waals surface area contributed by atoms with Crippen molar-refractivity contribution in [2.75, 3.05) is 46.9 Å². The van der Waals surface area contributed by atoms with Gasteiger partial charge in [-0.15, -0.1) is 24.0 Å². The van der Waals surface area contributed by atoms with E-state index < -0.39 is 0 Å². The van der Waals surface area contributed by atoms with E-state index in [0.29, 0.717) is 6.04 Å². The fraction of sp³-hybridized carbons (Fsp3) is 0.895. The van der Waals surface area contributed by atoms with Gasteiger partial charge in [-0.2, -0.15) is 0 Å². The molecule has 0 spiro atoms. The average molecular weight is 480 g/mol. The van der Waals surface area contributed by atoms with Gasteiger partial charge in [0.15, 0.2) is 5.96 Å². The molecule has 2 aliphatic rings. The average Bonchev–Trinajstić information content (AvgIpc) is 2.67. The highest BCUT2D eigenvalue weighted by Gasteiger charge is 2.28. The molecule has 26 heavy (non-hydrogen) atoms. The molecule has 0 aliphatic carbocycles. The Labute approximate surface area is 176 Å². The summed E-state index contributed by atoms with van der Waals surface area (Å²) in [6.45, 7) is 7.40. The van der Waals surface area contributed by atoms with Gasteiger partial charge in [-0.05, 0) is 45.2 Å². The van der Waals surface area contributed by atoms with Crippen LogP contribution in [0.25, 0.3) is 0 Å². The molecule has 2 fully saturated rings. The molecule has 2 aliphatic heterocycles. The largest absolute Gasteiger partial charge is 0.469 e. The number of piperidine rings is 2. The number of nitrogens with zero attached hydrogens (tertiary/aromatic N) is 3. The first-order chi connectivity index (χ1) is 12.2. The minimum absolute atomic E-state index is 0. The molecule has 1 unspecified atom stereocenters. The van der Waals surface area contributed by atoms with Gasteiger partial charge in [0.1, 0.15) is 0 Å². The van der Waals surface area contributed by atoms with Gasteiger partial charge in [-0.1, -0.05) is 19.8 Å². The van der Waals surface area contributed by atoms with Crippen LogP contribution in [0.5, 0.6) is 0 Å². The third kappa shape index (κ3) is 6.87. The molecule has 1 atom stereocenters. The fourth-order valence-electron chi connectivity index (χ4n) is 3.98. The Hall–Kier alpha value is -0.570. The maximum absolute atomic E-state index is 11.7. The van der Waals surface area contributed by atoms with Crippen molar-refractivity contribution in [3.63, 3.8) is 0 Å². The molecule has 0 saturated carbocycles. The topological polar surface area (TPSA) is 57.2 Å². The highest BCUT2D eigenvalue weighted by atomic mass is 127. The maximum Gasteiger partial charge on any atom is 0.308 e. The van der Waals surface area contributed by atoms with E-state index in [-0.39, 0.29) is 35.9 Å². The van der Waals surface area contributed by atoms with E-state index in [1.165, 1.54) is 52.3 Å². The predicted octanol–water partition coefficient (Wildman–Crippen LogP) is 2.72. The zero-order valence-corrected chi connectivity index (χ0v) is 19.0. The van der Waals surface area contributed by atoms with Crippen molar-refractivity contribution >= 4 is 35.9 Å². The Bertz CT molecular complexity index is 439. The highest BCUT2D eigenvalue weighted by Crippen LogP contribution is 2.19. The number of hydrogen-bond donors (Lipinski definition) is 1. The Balaban J connectivity index is 0.00000338. The van der Waals surface area contributed by atoms with Gasteiger partial charge in [-0.25, -0.2) is 0 Å². The van der Waals surface area contributed by atoms with Crippen LogP contribution in [0, 0.1) is 5.92 Å². The molecule has 2 heterocycles. The summed E-state index contributed by atoms with van der Waals surface area (Å²) in [5, 5.41) is 3.59. The number of methoxy groups -OCH3 is 1. The first-order valence-corrected chi connectivity index (χ1v) is 9.97. The molecule has 6 nitrogen and oxygen atoms in total. The fourth-order valence-corrected chi connectivity index (χ4v) is 3.98. The van der Waals surface area contributed by atoms with Crippen LogP contribution in [0.3, 0.4) is 0 Å². The number of aliphatic imine (C=N–C) groups is 1. The van der Waals surface area contributed by atoms with Crippen molar-refractivity contribution in [1.82, 2.24) is 15.1 Å². The predicted molar refractivity (Wildman–Crippen MR) is 117 cm³/mol. The highest BCUT2D eigenvalue weighted by molar-refractivity contribution is 14.0. The van der Waals surface area contributed by atoms with Crippen LogP contribution < -0.4 is 5.32 Å². The van der Waals surface area contributed by atoms with Gasteiger partial charge in [0.05, 0.1) is 13.0 Å². The quantitative estimate of drug-likeness (QED) is 0.274. The molecule has 2 saturated heterocycles. The second-order valence-electron chi connectivity index (χ2n) is 7.25. The summed E-state index contributed by atoms with van der Waals surface area (Å²) in [5.41, 5.74) is 0. The first kappa shape index (κ1) is 23.5. The standard InChI is InChI=1S/C19H36N4O2.HI/c1-4-5-11-22-12-7-6-8-17(22)15-21-19(20-2)23-13-9-16(10-14-23)18(24)25-3;/h16-17H,4-15H2,1-3H3,(H,20,21);1H. The normalized spacial score (nSPS) is 22.7. The van der Waals surface area contributed by atoms with E-state index in [9.17, 15) is 4.79 Å². The van der Waals surface area contributed by atoms with Gasteiger partial charge < -0.3 is 15.0 Å². The summed E-state index contributed by atoms with van der Waals surface area (Å²) in [4.78, 5) is 21.1. The van der Waals surface area contributed by atoms with Gasteiger partial charge in [0.2, 0.25) is 0 Å². The summed E-state index contributed by atoms with van der Waals surface area (Å²) in [6.07, 6.45) is 8.17. The summed E-state index contributed by atoms with van der Waals surface area (Å²) in [7, 11) is 3.33. The third-order valence-electron chi connectivity index (χ3n) is 5.58. The second-order valence-corrected chi connectivity index (χ2v) is 7.25. The number of rotatable bonds is 6. The number of nitrogens with one attached hydrogen (secondary N) is 1. The molecule has 152 valence electrons. The Morgan fingerprint density at radius 1 is 1.19 bits per heavy atom. The van der Waals surface area contributed by atoms with Crippen LogP contribution in [0.15, 0.2) is 4.99 Å². The van der Waals surface area contributed by atoms with E-state index in [0.717, 1.165) is 38.4 Å². The van der Waals surface area contributed by atoms with Gasteiger partial charge in [-0.3, -0.25) is 14.7 Å². The minimum Gasteiger partial charge on any atom is -0.469 e. The number of ether oxygens (including phenoxy) is 1. The SMILES string of the molecule is CCCCN1CCCCC1CNC(=NC)N1CCC(C(=O)OC)CC1.I. The molecule has 0 aromatic rings. The molecule has 0 radical (unpaired) electrons. The number of unbranched alkanes of at least 4 members (excludes halogenated alkanes) is 1. The summed E-state index contributed by atoms with van der Waals surface area (Å²) in [5.74, 6) is 0.947. The van der Waals surface area contributed by atoms with Crippen LogP contribution in [0.2, 0.25) is 0 Å². The van der Waals surface area contributed by atoms with E-state index in [2.05, 4.69) is 27.0 Å². The second kappa shape index (κ2) is 12.8. The first-order valence-electron chi connectivity index (χ1n) is 9.97. The van der Waals surface area contributed by atoms with E-state index in [1.54, 1.807) is 0 Å². The van der Waals surface area contributed by atoms with E-state index in [1.807, 2.05) is 7.05 Å². The Kier molecular flexibility index (Phi) is 11.5. The molecule has 0 bridgehead atoms. The van der Waals surface area contributed by atoms with Crippen LogP contribution in [-0.4, -0.2) is 74.7 Å². The van der Waals surface area contributed by atoms with Crippen molar-refractivity contribution in [2.24, 2.45) is 10.9 Å². The minimum atomic E-state index is -0.0728. The number of carbonyl (C=O) groups is 1. The number of likely N-dealkylation sites (tertiary alicyclic amines) is 2. The summed E-state index contributed by atoms with van der Waals surface area (Å²) < 4.78 is 4.87. The van der Waals surface area contributed by atoms with Crippen LogP contribution >= 0.6 is 24.0 Å². The van der Waals surface area contributed by atoms with Gasteiger partial charge >= 0.3 is 5.97 Å². The van der Waals surface area contributed by atoms with Crippen molar-refractivity contribution < 1.29 is 9.53 Å². The zero-order chi connectivity index (χ0) is 18.1. The maximum atomic E-state index is 11.7. The van der Waals surface area contributed by atoms with Gasteiger partial charge in [0.25, 0.3) is 0 Å². The molecule has 0 aromatic carbocycles. The van der Waals surface area contributed by atoms with Crippen LogP contribution in [0.1, 0.15) is 51.9 Å². The number of halogens is 1. The van der Waals surface area contributed by atoms with E-state index >= 15 is 0 Å². The van der Waals surface area contributed by atoms with Gasteiger partial charge in [0, 0.05) is 32.7 Å². The van der Waals surface area contributed by atoms with Crippen molar-refractivity contribution in [1.29, 1.82) is 0 Å².